The highest BCUT2D eigenvalue weighted by Gasteiger charge is 2.39. The predicted molar refractivity (Wildman–Crippen MR) is 63.0 cm³/mol. The molecule has 5 heteroatoms. The van der Waals surface area contributed by atoms with Crippen molar-refractivity contribution in [1.82, 2.24) is 4.90 Å². The van der Waals surface area contributed by atoms with Crippen LogP contribution in [0.1, 0.15) is 25.7 Å². The zero-order valence-electron chi connectivity index (χ0n) is 9.80. The molecular weight excluding hydrogens is 226 g/mol. The number of rotatable bonds is 3. The Morgan fingerprint density at radius 2 is 1.88 bits per heavy atom. The van der Waals surface area contributed by atoms with Gasteiger partial charge in [-0.2, -0.15) is 0 Å². The molecule has 2 aliphatic rings. The summed E-state index contributed by atoms with van der Waals surface area (Å²) in [6.07, 6.45) is 4.39. The third-order valence-corrected chi connectivity index (χ3v) is 5.58. The summed E-state index contributed by atoms with van der Waals surface area (Å²) in [7, 11) is -1.08. The highest BCUT2D eigenvalue weighted by molar-refractivity contribution is 7.91. The molecular formula is C11H21NO3S. The maximum Gasteiger partial charge on any atom is 0.154 e. The predicted octanol–water partition coefficient (Wildman–Crippen LogP) is 0.266. The quantitative estimate of drug-likeness (QED) is 0.777. The molecule has 0 spiro atoms. The first-order valence-electron chi connectivity index (χ1n) is 6.07. The lowest BCUT2D eigenvalue weighted by Gasteiger charge is -2.28. The van der Waals surface area contributed by atoms with Crippen LogP contribution in [0.25, 0.3) is 0 Å². The number of likely N-dealkylation sites (N-methyl/N-ethyl adjacent to an activating group) is 1. The summed E-state index contributed by atoms with van der Waals surface area (Å²) in [6.45, 7) is 0.928. The van der Waals surface area contributed by atoms with Gasteiger partial charge >= 0.3 is 0 Å². The first-order chi connectivity index (χ1) is 7.48. The molecule has 0 aromatic heterocycles. The molecule has 2 unspecified atom stereocenters. The zero-order chi connectivity index (χ0) is 11.8. The molecule has 2 rings (SSSR count). The van der Waals surface area contributed by atoms with E-state index in [-0.39, 0.29) is 17.5 Å². The summed E-state index contributed by atoms with van der Waals surface area (Å²) >= 11 is 0. The molecule has 0 aromatic rings. The van der Waals surface area contributed by atoms with Gasteiger partial charge in [0.1, 0.15) is 0 Å². The molecule has 0 amide bonds. The molecule has 1 saturated heterocycles. The van der Waals surface area contributed by atoms with Gasteiger partial charge in [0.15, 0.2) is 9.84 Å². The van der Waals surface area contributed by atoms with Crippen molar-refractivity contribution in [3.63, 3.8) is 0 Å². The van der Waals surface area contributed by atoms with E-state index in [9.17, 15) is 13.5 Å². The fraction of sp³-hybridized carbons (Fsp3) is 1.00. The van der Waals surface area contributed by atoms with Gasteiger partial charge in [0.05, 0.1) is 23.7 Å². The largest absolute Gasteiger partial charge is 0.390 e. The monoisotopic (exact) mass is 247 g/mol. The van der Waals surface area contributed by atoms with Crippen LogP contribution in [0.15, 0.2) is 0 Å². The minimum absolute atomic E-state index is 0.0628. The summed E-state index contributed by atoms with van der Waals surface area (Å²) < 4.78 is 22.8. The van der Waals surface area contributed by atoms with E-state index < -0.39 is 15.9 Å². The first kappa shape index (κ1) is 12.3. The van der Waals surface area contributed by atoms with Crippen LogP contribution in [0.2, 0.25) is 0 Å². The Balaban J connectivity index is 1.91. The second-order valence-electron chi connectivity index (χ2n) is 5.30. The SMILES string of the molecule is CN(CC1CCCC1)C1CS(=O)(=O)CC1O. The van der Waals surface area contributed by atoms with Gasteiger partial charge in [0.25, 0.3) is 0 Å². The highest BCUT2D eigenvalue weighted by atomic mass is 32.2. The summed E-state index contributed by atoms with van der Waals surface area (Å²) in [6, 6.07) is -0.189. The molecule has 94 valence electrons. The highest BCUT2D eigenvalue weighted by Crippen LogP contribution is 2.27. The van der Waals surface area contributed by atoms with Gasteiger partial charge in [-0.15, -0.1) is 0 Å². The lowest BCUT2D eigenvalue weighted by atomic mass is 10.1. The normalized spacial score (nSPS) is 34.9. The fourth-order valence-corrected chi connectivity index (χ4v) is 4.84. The number of hydrogen-bond acceptors (Lipinski definition) is 4. The minimum Gasteiger partial charge on any atom is -0.390 e. The Morgan fingerprint density at radius 1 is 1.25 bits per heavy atom. The minimum atomic E-state index is -3.01. The third-order valence-electron chi connectivity index (χ3n) is 3.88. The molecule has 16 heavy (non-hydrogen) atoms. The molecule has 0 radical (unpaired) electrons. The van der Waals surface area contributed by atoms with Crippen molar-refractivity contribution in [2.24, 2.45) is 5.92 Å². The number of sulfone groups is 1. The van der Waals surface area contributed by atoms with Crippen LogP contribution in [-0.4, -0.2) is 55.7 Å². The maximum absolute atomic E-state index is 11.4. The molecule has 4 nitrogen and oxygen atoms in total. The topological polar surface area (TPSA) is 57.6 Å². The lowest BCUT2D eigenvalue weighted by Crippen LogP contribution is -2.42. The van der Waals surface area contributed by atoms with E-state index in [0.29, 0.717) is 5.92 Å². The van der Waals surface area contributed by atoms with Gasteiger partial charge in [0, 0.05) is 6.54 Å². The van der Waals surface area contributed by atoms with Gasteiger partial charge in [-0.1, -0.05) is 12.8 Å². The van der Waals surface area contributed by atoms with Gasteiger partial charge in [-0.05, 0) is 25.8 Å². The Morgan fingerprint density at radius 3 is 2.38 bits per heavy atom. The smallest absolute Gasteiger partial charge is 0.154 e. The van der Waals surface area contributed by atoms with Crippen molar-refractivity contribution in [2.75, 3.05) is 25.1 Å². The average Bonchev–Trinajstić information content (AvgIpc) is 2.73. The van der Waals surface area contributed by atoms with Crippen molar-refractivity contribution in [2.45, 2.75) is 37.8 Å². The molecule has 0 bridgehead atoms. The van der Waals surface area contributed by atoms with Crippen molar-refractivity contribution < 1.29 is 13.5 Å². The molecule has 2 fully saturated rings. The molecule has 0 aromatic carbocycles. The van der Waals surface area contributed by atoms with Crippen LogP contribution < -0.4 is 0 Å². The maximum atomic E-state index is 11.4. The van der Waals surface area contributed by atoms with Gasteiger partial charge in [0.2, 0.25) is 0 Å². The van der Waals surface area contributed by atoms with Crippen LogP contribution in [0, 0.1) is 5.92 Å². The average molecular weight is 247 g/mol. The van der Waals surface area contributed by atoms with Crippen LogP contribution in [0.4, 0.5) is 0 Å². The van der Waals surface area contributed by atoms with Crippen molar-refractivity contribution in [1.29, 1.82) is 0 Å². The second kappa shape index (κ2) is 4.63. The van der Waals surface area contributed by atoms with E-state index in [0.717, 1.165) is 6.54 Å². The molecule has 1 aliphatic carbocycles. The third kappa shape index (κ3) is 2.76. The molecule has 1 saturated carbocycles. The number of aliphatic hydroxyl groups excluding tert-OH is 1. The molecule has 2 atom stereocenters. The number of hydrogen-bond donors (Lipinski definition) is 1. The zero-order valence-corrected chi connectivity index (χ0v) is 10.6. The summed E-state index contributed by atoms with van der Waals surface area (Å²) in [5.74, 6) is 0.754. The van der Waals surface area contributed by atoms with E-state index in [1.54, 1.807) is 0 Å². The Labute approximate surface area is 97.6 Å². The van der Waals surface area contributed by atoms with Crippen molar-refractivity contribution in [3.05, 3.63) is 0 Å². The molecule has 1 heterocycles. The second-order valence-corrected chi connectivity index (χ2v) is 7.46. The Bertz CT molecular complexity index is 335. The van der Waals surface area contributed by atoms with E-state index in [1.165, 1.54) is 25.7 Å². The number of nitrogens with zero attached hydrogens (tertiary/aromatic N) is 1. The van der Waals surface area contributed by atoms with E-state index >= 15 is 0 Å². The molecule has 1 aliphatic heterocycles. The summed E-state index contributed by atoms with van der Waals surface area (Å²) in [5, 5.41) is 9.75. The van der Waals surface area contributed by atoms with Crippen LogP contribution in [-0.2, 0) is 9.84 Å². The summed E-state index contributed by atoms with van der Waals surface area (Å²) in [5.41, 5.74) is 0. The van der Waals surface area contributed by atoms with Crippen molar-refractivity contribution in [3.8, 4) is 0 Å². The van der Waals surface area contributed by atoms with Gasteiger partial charge in [-0.3, -0.25) is 4.90 Å². The van der Waals surface area contributed by atoms with Crippen LogP contribution in [0.5, 0.6) is 0 Å². The van der Waals surface area contributed by atoms with E-state index in [4.69, 9.17) is 0 Å². The fourth-order valence-electron chi connectivity index (χ4n) is 2.97. The number of aliphatic hydroxyl groups is 1. The van der Waals surface area contributed by atoms with Gasteiger partial charge < -0.3 is 5.11 Å². The lowest BCUT2D eigenvalue weighted by molar-refractivity contribution is 0.0903. The standard InChI is InChI=1S/C11H21NO3S/c1-12(6-9-4-2-3-5-9)10-7-16(14,15)8-11(10)13/h9-11,13H,2-8H2,1H3. The van der Waals surface area contributed by atoms with E-state index in [1.807, 2.05) is 11.9 Å². The Hall–Kier alpha value is -0.130. The van der Waals surface area contributed by atoms with Crippen LogP contribution in [0.3, 0.4) is 0 Å². The van der Waals surface area contributed by atoms with E-state index in [2.05, 4.69) is 0 Å². The van der Waals surface area contributed by atoms with Crippen molar-refractivity contribution >= 4 is 9.84 Å². The van der Waals surface area contributed by atoms with Crippen LogP contribution >= 0.6 is 0 Å². The Kier molecular flexibility index (Phi) is 3.56. The molecule has 1 N–H and O–H groups in total. The van der Waals surface area contributed by atoms with Gasteiger partial charge in [-0.25, -0.2) is 8.42 Å². The summed E-state index contributed by atoms with van der Waals surface area (Å²) in [4.78, 5) is 2.05. The first-order valence-corrected chi connectivity index (χ1v) is 7.89.